The van der Waals surface area contributed by atoms with E-state index < -0.39 is 10.0 Å². The molecule has 0 atom stereocenters. The molecule has 0 saturated carbocycles. The Hall–Kier alpha value is -1.85. The third-order valence-electron chi connectivity index (χ3n) is 4.35. The van der Waals surface area contributed by atoms with Gasteiger partial charge in [0, 0.05) is 31.9 Å². The predicted molar refractivity (Wildman–Crippen MR) is 93.3 cm³/mol. The van der Waals surface area contributed by atoms with Gasteiger partial charge in [-0.3, -0.25) is 0 Å². The fourth-order valence-electron chi connectivity index (χ4n) is 2.93. The number of sulfonamides is 1. The van der Waals surface area contributed by atoms with Crippen molar-refractivity contribution >= 4 is 15.7 Å². The van der Waals surface area contributed by atoms with E-state index in [1.807, 2.05) is 19.1 Å². The number of benzene rings is 2. The first-order chi connectivity index (χ1) is 11.0. The number of nitrogens with zero attached hydrogens (tertiary/aromatic N) is 2. The van der Waals surface area contributed by atoms with E-state index in [9.17, 15) is 8.42 Å². The van der Waals surface area contributed by atoms with Crippen LogP contribution in [0.2, 0.25) is 0 Å². The minimum Gasteiger partial charge on any atom is -0.369 e. The Morgan fingerprint density at radius 3 is 2.04 bits per heavy atom. The van der Waals surface area contributed by atoms with Crippen molar-refractivity contribution in [2.45, 2.75) is 18.7 Å². The van der Waals surface area contributed by atoms with Crippen LogP contribution in [0.3, 0.4) is 0 Å². The number of aryl methyl sites for hydroxylation is 2. The second-order valence-corrected chi connectivity index (χ2v) is 7.90. The molecule has 2 aromatic rings. The first kappa shape index (κ1) is 16.0. The summed E-state index contributed by atoms with van der Waals surface area (Å²) in [5.74, 6) is 0. The Morgan fingerprint density at radius 2 is 1.43 bits per heavy atom. The molecule has 0 aromatic heterocycles. The Bertz CT molecular complexity index is 777. The molecule has 1 fully saturated rings. The molecule has 1 saturated heterocycles. The summed E-state index contributed by atoms with van der Waals surface area (Å²) < 4.78 is 27.2. The molecule has 2 aromatic carbocycles. The third-order valence-corrected chi connectivity index (χ3v) is 6.41. The summed E-state index contributed by atoms with van der Waals surface area (Å²) in [6, 6.07) is 15.6. The monoisotopic (exact) mass is 330 g/mol. The van der Waals surface area contributed by atoms with Crippen molar-refractivity contribution in [2.75, 3.05) is 31.1 Å². The molecule has 1 heterocycles. The smallest absolute Gasteiger partial charge is 0.243 e. The Kier molecular flexibility index (Phi) is 4.41. The molecule has 3 rings (SSSR count). The van der Waals surface area contributed by atoms with Crippen LogP contribution >= 0.6 is 0 Å². The van der Waals surface area contributed by atoms with Crippen LogP contribution in [0.4, 0.5) is 5.69 Å². The molecule has 0 unspecified atom stereocenters. The quantitative estimate of drug-likeness (QED) is 0.869. The van der Waals surface area contributed by atoms with E-state index in [-0.39, 0.29) is 0 Å². The zero-order valence-corrected chi connectivity index (χ0v) is 14.4. The van der Waals surface area contributed by atoms with E-state index in [0.29, 0.717) is 31.1 Å². The average Bonchev–Trinajstić information content (AvgIpc) is 2.56. The van der Waals surface area contributed by atoms with Crippen molar-refractivity contribution in [3.63, 3.8) is 0 Å². The summed E-state index contributed by atoms with van der Waals surface area (Å²) >= 11 is 0. The van der Waals surface area contributed by atoms with Crippen molar-refractivity contribution in [2.24, 2.45) is 0 Å². The molecule has 0 amide bonds. The molecule has 0 bridgehead atoms. The molecular weight excluding hydrogens is 308 g/mol. The highest BCUT2D eigenvalue weighted by atomic mass is 32.2. The standard InChI is InChI=1S/C18H22N2O2S/c1-15-7-9-17(10-8-15)19-11-13-20(14-12-19)23(21,22)18-6-4-3-5-16(18)2/h3-10H,11-14H2,1-2H3. The summed E-state index contributed by atoms with van der Waals surface area (Å²) in [5.41, 5.74) is 3.19. The van der Waals surface area contributed by atoms with Crippen molar-refractivity contribution in [1.82, 2.24) is 4.31 Å². The van der Waals surface area contributed by atoms with Crippen LogP contribution in [0.25, 0.3) is 0 Å². The fourth-order valence-corrected chi connectivity index (χ4v) is 4.57. The lowest BCUT2D eigenvalue weighted by molar-refractivity contribution is 0.384. The third kappa shape index (κ3) is 3.26. The van der Waals surface area contributed by atoms with Crippen molar-refractivity contribution in [3.8, 4) is 0 Å². The van der Waals surface area contributed by atoms with Crippen LogP contribution in [0, 0.1) is 13.8 Å². The molecular formula is C18H22N2O2S. The van der Waals surface area contributed by atoms with E-state index in [0.717, 1.165) is 11.3 Å². The van der Waals surface area contributed by atoms with Gasteiger partial charge in [0.2, 0.25) is 10.0 Å². The van der Waals surface area contributed by atoms with Gasteiger partial charge < -0.3 is 4.90 Å². The van der Waals surface area contributed by atoms with Crippen LogP contribution in [-0.2, 0) is 10.0 Å². The van der Waals surface area contributed by atoms with Crippen molar-refractivity contribution < 1.29 is 8.42 Å². The topological polar surface area (TPSA) is 40.6 Å². The predicted octanol–water partition coefficient (Wildman–Crippen LogP) is 2.81. The molecule has 5 heteroatoms. The maximum Gasteiger partial charge on any atom is 0.243 e. The van der Waals surface area contributed by atoms with Gasteiger partial charge in [-0.2, -0.15) is 4.31 Å². The van der Waals surface area contributed by atoms with E-state index in [4.69, 9.17) is 0 Å². The van der Waals surface area contributed by atoms with Crippen LogP contribution in [0.5, 0.6) is 0 Å². The lowest BCUT2D eigenvalue weighted by atomic mass is 10.2. The van der Waals surface area contributed by atoms with Crippen LogP contribution in [-0.4, -0.2) is 38.9 Å². The zero-order chi connectivity index (χ0) is 16.4. The van der Waals surface area contributed by atoms with Gasteiger partial charge >= 0.3 is 0 Å². The Labute approximate surface area is 138 Å². The average molecular weight is 330 g/mol. The lowest BCUT2D eigenvalue weighted by Crippen LogP contribution is -2.48. The highest BCUT2D eigenvalue weighted by Gasteiger charge is 2.29. The number of rotatable bonds is 3. The maximum atomic E-state index is 12.8. The minimum atomic E-state index is -3.40. The Balaban J connectivity index is 1.74. The summed E-state index contributed by atoms with van der Waals surface area (Å²) in [6.45, 7) is 6.38. The highest BCUT2D eigenvalue weighted by molar-refractivity contribution is 7.89. The van der Waals surface area contributed by atoms with Crippen molar-refractivity contribution in [1.29, 1.82) is 0 Å². The maximum absolute atomic E-state index is 12.8. The van der Waals surface area contributed by atoms with E-state index in [2.05, 4.69) is 36.1 Å². The molecule has 0 spiro atoms. The van der Waals surface area contributed by atoms with Gasteiger partial charge in [0.25, 0.3) is 0 Å². The lowest BCUT2D eigenvalue weighted by Gasteiger charge is -2.35. The fraction of sp³-hybridized carbons (Fsp3) is 0.333. The second-order valence-electron chi connectivity index (χ2n) is 5.99. The normalized spacial score (nSPS) is 16.5. The molecule has 1 aliphatic rings. The Morgan fingerprint density at radius 1 is 0.826 bits per heavy atom. The summed E-state index contributed by atoms with van der Waals surface area (Å²) in [5, 5.41) is 0. The highest BCUT2D eigenvalue weighted by Crippen LogP contribution is 2.23. The molecule has 23 heavy (non-hydrogen) atoms. The zero-order valence-electron chi connectivity index (χ0n) is 13.6. The van der Waals surface area contributed by atoms with E-state index in [1.54, 1.807) is 16.4 Å². The van der Waals surface area contributed by atoms with Gasteiger partial charge in [-0.05, 0) is 37.6 Å². The van der Waals surface area contributed by atoms with Gasteiger partial charge in [0.05, 0.1) is 4.90 Å². The molecule has 122 valence electrons. The first-order valence-corrected chi connectivity index (χ1v) is 9.30. The van der Waals surface area contributed by atoms with Crippen molar-refractivity contribution in [3.05, 3.63) is 59.7 Å². The van der Waals surface area contributed by atoms with Crippen LogP contribution in [0.15, 0.2) is 53.4 Å². The summed E-state index contributed by atoms with van der Waals surface area (Å²) in [6.07, 6.45) is 0. The van der Waals surface area contributed by atoms with Gasteiger partial charge in [0.15, 0.2) is 0 Å². The van der Waals surface area contributed by atoms with Gasteiger partial charge in [-0.1, -0.05) is 35.9 Å². The second kappa shape index (κ2) is 6.34. The molecule has 4 nitrogen and oxygen atoms in total. The number of hydrogen-bond acceptors (Lipinski definition) is 3. The van der Waals surface area contributed by atoms with E-state index >= 15 is 0 Å². The van der Waals surface area contributed by atoms with Crippen LogP contribution < -0.4 is 4.90 Å². The molecule has 0 aliphatic carbocycles. The van der Waals surface area contributed by atoms with Gasteiger partial charge in [0.1, 0.15) is 0 Å². The minimum absolute atomic E-state index is 0.420. The van der Waals surface area contributed by atoms with Gasteiger partial charge in [-0.25, -0.2) is 8.42 Å². The SMILES string of the molecule is Cc1ccc(N2CCN(S(=O)(=O)c3ccccc3C)CC2)cc1. The number of piperazine rings is 1. The first-order valence-electron chi connectivity index (χ1n) is 7.86. The molecule has 1 aliphatic heterocycles. The molecule has 0 radical (unpaired) electrons. The van der Waals surface area contributed by atoms with Crippen LogP contribution in [0.1, 0.15) is 11.1 Å². The summed E-state index contributed by atoms with van der Waals surface area (Å²) in [7, 11) is -3.40. The largest absolute Gasteiger partial charge is 0.369 e. The molecule has 0 N–H and O–H groups in total. The number of anilines is 1. The number of hydrogen-bond donors (Lipinski definition) is 0. The van der Waals surface area contributed by atoms with E-state index in [1.165, 1.54) is 5.56 Å². The summed E-state index contributed by atoms with van der Waals surface area (Å²) in [4.78, 5) is 2.66. The van der Waals surface area contributed by atoms with Gasteiger partial charge in [-0.15, -0.1) is 0 Å².